The van der Waals surface area contributed by atoms with Crippen molar-refractivity contribution < 1.29 is 19.4 Å². The minimum absolute atomic E-state index is 0.0135. The van der Waals surface area contributed by atoms with Crippen molar-refractivity contribution in [3.63, 3.8) is 0 Å². The Balaban J connectivity index is 1.47. The van der Waals surface area contributed by atoms with Gasteiger partial charge in [-0.15, -0.1) is 10.2 Å². The molecule has 5 rings (SSSR count). The smallest absolute Gasteiger partial charge is 0.301 e. The second-order valence-electron chi connectivity index (χ2n) is 8.93. The molecular weight excluding hydrogens is 530 g/mol. The molecule has 0 bridgehead atoms. The van der Waals surface area contributed by atoms with Gasteiger partial charge in [0.2, 0.25) is 5.13 Å². The molecule has 1 atom stereocenters. The Morgan fingerprint density at radius 1 is 0.974 bits per heavy atom. The largest absolute Gasteiger partial charge is 0.507 e. The van der Waals surface area contributed by atoms with E-state index in [2.05, 4.69) is 17.1 Å². The molecule has 1 amide bonds. The lowest BCUT2D eigenvalue weighted by Gasteiger charge is -2.22. The molecule has 9 heteroatoms. The molecule has 1 aliphatic rings. The zero-order valence-electron chi connectivity index (χ0n) is 21.3. The average Bonchev–Trinajstić information content (AvgIpc) is 3.55. The third-order valence-electron chi connectivity index (χ3n) is 6.26. The molecule has 1 saturated heterocycles. The number of aliphatic hydroxyl groups excluding tert-OH is 1. The third kappa shape index (κ3) is 5.89. The second-order valence-corrected chi connectivity index (χ2v) is 11.1. The zero-order chi connectivity index (χ0) is 27.2. The predicted octanol–water partition coefficient (Wildman–Crippen LogP) is 6.64. The molecule has 1 aliphatic heterocycles. The Morgan fingerprint density at radius 3 is 2.36 bits per heavy atom. The minimum atomic E-state index is -0.841. The molecular formula is C30H27N3O4S2. The lowest BCUT2D eigenvalue weighted by Crippen LogP contribution is -2.29. The first-order valence-electron chi connectivity index (χ1n) is 12.7. The maximum absolute atomic E-state index is 13.4. The summed E-state index contributed by atoms with van der Waals surface area (Å²) in [6.07, 6.45) is 1.97. The number of aromatic nitrogens is 2. The number of thioether (sulfide) groups is 1. The van der Waals surface area contributed by atoms with Crippen molar-refractivity contribution in [2.24, 2.45) is 0 Å². The highest BCUT2D eigenvalue weighted by Gasteiger charge is 2.48. The standard InChI is InChI=1S/C30H27N3O4S2/c1-2-3-18-37-23-16-14-22(15-17-23)26(34)24-25(21-12-8-5-9-13-21)33(28(36)27(24)35)29-31-32-30(39-29)38-19-20-10-6-4-7-11-20/h4-17,25,34H,2-3,18-19H2,1H3/b26-24+. The highest BCUT2D eigenvalue weighted by molar-refractivity contribution is 8.00. The van der Waals surface area contributed by atoms with Crippen LogP contribution in [0.25, 0.3) is 5.76 Å². The normalized spacial score (nSPS) is 16.5. The fourth-order valence-corrected chi connectivity index (χ4v) is 6.08. The number of nitrogens with zero attached hydrogens (tertiary/aromatic N) is 3. The van der Waals surface area contributed by atoms with Crippen molar-refractivity contribution in [1.29, 1.82) is 0 Å². The molecule has 0 spiro atoms. The van der Waals surface area contributed by atoms with E-state index in [0.29, 0.717) is 38.7 Å². The summed E-state index contributed by atoms with van der Waals surface area (Å²) >= 11 is 2.76. The zero-order valence-corrected chi connectivity index (χ0v) is 23.0. The van der Waals surface area contributed by atoms with Crippen LogP contribution < -0.4 is 9.64 Å². The average molecular weight is 558 g/mol. The fourth-order valence-electron chi connectivity index (χ4n) is 4.26. The summed E-state index contributed by atoms with van der Waals surface area (Å²) in [6, 6.07) is 25.2. The van der Waals surface area contributed by atoms with E-state index < -0.39 is 17.7 Å². The van der Waals surface area contributed by atoms with E-state index >= 15 is 0 Å². The van der Waals surface area contributed by atoms with Crippen molar-refractivity contribution in [1.82, 2.24) is 10.2 Å². The van der Waals surface area contributed by atoms with Gasteiger partial charge in [0, 0.05) is 11.3 Å². The van der Waals surface area contributed by atoms with E-state index in [1.165, 1.54) is 28.0 Å². The number of ether oxygens (including phenoxy) is 1. The lowest BCUT2D eigenvalue weighted by molar-refractivity contribution is -0.132. The van der Waals surface area contributed by atoms with Crippen LogP contribution in [0.1, 0.15) is 42.5 Å². The first-order chi connectivity index (χ1) is 19.1. The van der Waals surface area contributed by atoms with Crippen LogP contribution in [0.3, 0.4) is 0 Å². The summed E-state index contributed by atoms with van der Waals surface area (Å²) in [4.78, 5) is 28.1. The highest BCUT2D eigenvalue weighted by Crippen LogP contribution is 2.44. The van der Waals surface area contributed by atoms with E-state index in [0.717, 1.165) is 18.4 Å². The number of unbranched alkanes of at least 4 members (excludes halogenated alkanes) is 1. The maximum atomic E-state index is 13.4. The number of hydrogen-bond donors (Lipinski definition) is 1. The van der Waals surface area contributed by atoms with Crippen LogP contribution in [0.4, 0.5) is 5.13 Å². The molecule has 4 aromatic rings. The Labute approximate surface area is 235 Å². The molecule has 0 aliphatic carbocycles. The van der Waals surface area contributed by atoms with Crippen LogP contribution in [0, 0.1) is 0 Å². The van der Waals surface area contributed by atoms with Gasteiger partial charge in [0.15, 0.2) is 4.34 Å². The molecule has 1 fully saturated rings. The summed E-state index contributed by atoms with van der Waals surface area (Å²) in [5.74, 6) is -0.379. The van der Waals surface area contributed by atoms with Crippen molar-refractivity contribution in [2.45, 2.75) is 35.9 Å². The Bertz CT molecular complexity index is 1470. The van der Waals surface area contributed by atoms with E-state index in [1.54, 1.807) is 24.3 Å². The molecule has 1 unspecified atom stereocenters. The number of benzene rings is 3. The number of amides is 1. The number of hydrogen-bond acceptors (Lipinski definition) is 8. The number of Topliss-reactive ketones (excluding diaryl/α,β-unsaturated/α-hetero) is 1. The van der Waals surface area contributed by atoms with E-state index in [-0.39, 0.29) is 11.3 Å². The summed E-state index contributed by atoms with van der Waals surface area (Å²) in [5, 5.41) is 20.2. The highest BCUT2D eigenvalue weighted by atomic mass is 32.2. The number of carbonyl (C=O) groups is 2. The lowest BCUT2D eigenvalue weighted by atomic mass is 9.95. The maximum Gasteiger partial charge on any atom is 0.301 e. The van der Waals surface area contributed by atoms with Gasteiger partial charge in [-0.1, -0.05) is 97.1 Å². The summed E-state index contributed by atoms with van der Waals surface area (Å²) in [6.45, 7) is 2.70. The van der Waals surface area contributed by atoms with Gasteiger partial charge in [0.25, 0.3) is 5.78 Å². The number of rotatable bonds is 10. The first-order valence-corrected chi connectivity index (χ1v) is 14.5. The Hall–Kier alpha value is -3.95. The van der Waals surface area contributed by atoms with E-state index in [9.17, 15) is 14.7 Å². The van der Waals surface area contributed by atoms with Gasteiger partial charge in [0.05, 0.1) is 18.2 Å². The van der Waals surface area contributed by atoms with Gasteiger partial charge in [0.1, 0.15) is 11.5 Å². The monoisotopic (exact) mass is 557 g/mol. The van der Waals surface area contributed by atoms with Crippen LogP contribution in [-0.4, -0.2) is 33.6 Å². The SMILES string of the molecule is CCCCOc1ccc(/C(O)=C2\C(=O)C(=O)N(c3nnc(SCc4ccccc4)s3)C2c2ccccc2)cc1. The summed E-state index contributed by atoms with van der Waals surface area (Å²) in [5.41, 5.74) is 2.27. The number of ketones is 1. The molecule has 0 saturated carbocycles. The van der Waals surface area contributed by atoms with Gasteiger partial charge in [-0.2, -0.15) is 0 Å². The van der Waals surface area contributed by atoms with Crippen LogP contribution in [0.15, 0.2) is 94.8 Å². The molecule has 1 aromatic heterocycles. The number of anilines is 1. The fraction of sp³-hybridized carbons (Fsp3) is 0.200. The van der Waals surface area contributed by atoms with Gasteiger partial charge in [-0.25, -0.2) is 0 Å². The van der Waals surface area contributed by atoms with E-state index in [4.69, 9.17) is 4.74 Å². The number of carbonyl (C=O) groups excluding carboxylic acids is 2. The summed E-state index contributed by atoms with van der Waals surface area (Å²) in [7, 11) is 0. The second kappa shape index (κ2) is 12.3. The molecule has 198 valence electrons. The quantitative estimate of drug-likeness (QED) is 0.0584. The van der Waals surface area contributed by atoms with Crippen LogP contribution in [0.2, 0.25) is 0 Å². The molecule has 3 aromatic carbocycles. The van der Waals surface area contributed by atoms with Gasteiger partial charge in [-0.3, -0.25) is 14.5 Å². The van der Waals surface area contributed by atoms with Crippen molar-refractivity contribution in [3.8, 4) is 5.75 Å². The Kier molecular flexibility index (Phi) is 8.39. The first kappa shape index (κ1) is 26.6. The van der Waals surface area contributed by atoms with Gasteiger partial charge >= 0.3 is 5.91 Å². The van der Waals surface area contributed by atoms with Gasteiger partial charge < -0.3 is 9.84 Å². The summed E-state index contributed by atoms with van der Waals surface area (Å²) < 4.78 is 6.40. The third-order valence-corrected chi connectivity index (χ3v) is 8.39. The topological polar surface area (TPSA) is 92.6 Å². The molecule has 39 heavy (non-hydrogen) atoms. The molecule has 7 nitrogen and oxygen atoms in total. The van der Waals surface area contributed by atoms with Gasteiger partial charge in [-0.05, 0) is 41.8 Å². The van der Waals surface area contributed by atoms with Crippen LogP contribution in [0.5, 0.6) is 5.75 Å². The van der Waals surface area contributed by atoms with E-state index in [1.807, 2.05) is 60.7 Å². The number of aliphatic hydroxyl groups is 1. The predicted molar refractivity (Wildman–Crippen MR) is 154 cm³/mol. The van der Waals surface area contributed by atoms with Crippen LogP contribution in [-0.2, 0) is 15.3 Å². The van der Waals surface area contributed by atoms with Crippen LogP contribution >= 0.6 is 23.1 Å². The molecule has 0 radical (unpaired) electrons. The van der Waals surface area contributed by atoms with Crippen molar-refractivity contribution in [2.75, 3.05) is 11.5 Å². The Morgan fingerprint density at radius 2 is 1.67 bits per heavy atom. The van der Waals surface area contributed by atoms with Crippen molar-refractivity contribution >= 4 is 45.7 Å². The minimum Gasteiger partial charge on any atom is -0.507 e. The molecule has 1 N–H and O–H groups in total. The van der Waals surface area contributed by atoms with Crippen molar-refractivity contribution in [3.05, 3.63) is 107 Å². The molecule has 2 heterocycles.